The van der Waals surface area contributed by atoms with Crippen molar-refractivity contribution in [1.82, 2.24) is 19.1 Å². The summed E-state index contributed by atoms with van der Waals surface area (Å²) in [6.07, 6.45) is 1.67. The second-order valence-electron chi connectivity index (χ2n) is 6.96. The van der Waals surface area contributed by atoms with Crippen molar-refractivity contribution < 1.29 is 4.79 Å². The van der Waals surface area contributed by atoms with Crippen LogP contribution in [0.4, 0.5) is 5.69 Å². The summed E-state index contributed by atoms with van der Waals surface area (Å²) in [7, 11) is 2.93. The zero-order valence-electron chi connectivity index (χ0n) is 16.8. The van der Waals surface area contributed by atoms with E-state index in [0.717, 1.165) is 9.04 Å². The van der Waals surface area contributed by atoms with Crippen LogP contribution in [0.25, 0.3) is 11.0 Å². The fraction of sp³-hybridized carbons (Fsp3) is 0.136. The molecular weight excluding hydrogens is 462 g/mol. The Bertz CT molecular complexity index is 1400. The number of carbonyl (C=O) groups is 1. The quantitative estimate of drug-likeness (QED) is 0.448. The fourth-order valence-corrected chi connectivity index (χ4v) is 3.53. The van der Waals surface area contributed by atoms with Gasteiger partial charge in [0.25, 0.3) is 11.5 Å². The van der Waals surface area contributed by atoms with Crippen LogP contribution in [0.3, 0.4) is 0 Å². The van der Waals surface area contributed by atoms with Crippen LogP contribution in [-0.4, -0.2) is 25.0 Å². The molecule has 31 heavy (non-hydrogen) atoms. The molecule has 4 rings (SSSR count). The van der Waals surface area contributed by atoms with Gasteiger partial charge in [0.1, 0.15) is 11.3 Å². The Morgan fingerprint density at radius 1 is 1.00 bits per heavy atom. The van der Waals surface area contributed by atoms with Gasteiger partial charge in [-0.15, -0.1) is 0 Å². The number of carbonyl (C=O) groups excluding carboxylic acids is 1. The van der Waals surface area contributed by atoms with E-state index in [-0.39, 0.29) is 29.2 Å². The first kappa shape index (κ1) is 20.7. The number of rotatable bonds is 4. The third-order valence-electron chi connectivity index (χ3n) is 4.95. The largest absolute Gasteiger partial charge is 0.332 e. The normalized spacial score (nSPS) is 10.9. The maximum Gasteiger partial charge on any atom is 0.332 e. The predicted octanol–water partition coefficient (Wildman–Crippen LogP) is 2.64. The SMILES string of the molecule is Cn1c(=O)c2ccc(C(=O)N(Cc3ccccn3)c3ccc(Br)cc3)nc2n(C)c1=O. The number of amides is 1. The van der Waals surface area contributed by atoms with E-state index in [2.05, 4.69) is 25.9 Å². The lowest BCUT2D eigenvalue weighted by Gasteiger charge is -2.22. The van der Waals surface area contributed by atoms with Crippen molar-refractivity contribution in [3.05, 3.63) is 97.5 Å². The van der Waals surface area contributed by atoms with E-state index >= 15 is 0 Å². The molecule has 0 radical (unpaired) electrons. The van der Waals surface area contributed by atoms with Crippen molar-refractivity contribution in [3.63, 3.8) is 0 Å². The average Bonchev–Trinajstić information content (AvgIpc) is 2.80. The number of halogens is 1. The molecule has 0 aliphatic rings. The number of anilines is 1. The monoisotopic (exact) mass is 479 g/mol. The summed E-state index contributed by atoms with van der Waals surface area (Å²) in [4.78, 5) is 48.4. The van der Waals surface area contributed by atoms with Gasteiger partial charge in [0.2, 0.25) is 0 Å². The molecule has 0 fully saturated rings. The molecule has 1 aromatic carbocycles. The third-order valence-corrected chi connectivity index (χ3v) is 5.48. The van der Waals surface area contributed by atoms with Gasteiger partial charge in [-0.1, -0.05) is 22.0 Å². The van der Waals surface area contributed by atoms with Crippen LogP contribution in [0.2, 0.25) is 0 Å². The van der Waals surface area contributed by atoms with E-state index in [1.165, 1.54) is 30.8 Å². The third kappa shape index (κ3) is 3.91. The van der Waals surface area contributed by atoms with Gasteiger partial charge in [0.15, 0.2) is 0 Å². The maximum atomic E-state index is 13.5. The molecule has 0 aliphatic carbocycles. The number of hydrogen-bond donors (Lipinski definition) is 0. The molecule has 156 valence electrons. The molecule has 9 heteroatoms. The molecule has 3 heterocycles. The van der Waals surface area contributed by atoms with E-state index < -0.39 is 11.2 Å². The van der Waals surface area contributed by atoms with Crippen LogP contribution >= 0.6 is 15.9 Å². The molecule has 4 aromatic rings. The van der Waals surface area contributed by atoms with Gasteiger partial charge in [-0.05, 0) is 48.5 Å². The lowest BCUT2D eigenvalue weighted by Crippen LogP contribution is -2.38. The summed E-state index contributed by atoms with van der Waals surface area (Å²) in [5.41, 5.74) is 0.692. The van der Waals surface area contributed by atoms with Crippen molar-refractivity contribution in [2.75, 3.05) is 4.90 Å². The van der Waals surface area contributed by atoms with E-state index in [1.54, 1.807) is 17.2 Å². The molecule has 0 N–H and O–H groups in total. The van der Waals surface area contributed by atoms with Crippen molar-refractivity contribution in [2.45, 2.75) is 6.54 Å². The molecule has 0 unspecified atom stereocenters. The van der Waals surface area contributed by atoms with E-state index in [1.807, 2.05) is 36.4 Å². The van der Waals surface area contributed by atoms with Crippen LogP contribution < -0.4 is 16.1 Å². The Kier molecular flexibility index (Phi) is 5.51. The molecule has 0 bridgehead atoms. The minimum atomic E-state index is -0.507. The second-order valence-corrected chi connectivity index (χ2v) is 7.88. The Labute approximate surface area is 185 Å². The number of nitrogens with zero attached hydrogens (tertiary/aromatic N) is 5. The summed E-state index contributed by atoms with van der Waals surface area (Å²) in [6, 6.07) is 15.8. The van der Waals surface area contributed by atoms with Gasteiger partial charge in [-0.3, -0.25) is 23.7 Å². The van der Waals surface area contributed by atoms with E-state index in [9.17, 15) is 14.4 Å². The molecule has 0 saturated carbocycles. The van der Waals surface area contributed by atoms with Crippen molar-refractivity contribution in [1.29, 1.82) is 0 Å². The summed E-state index contributed by atoms with van der Waals surface area (Å²) in [5, 5.41) is 0.265. The molecule has 0 saturated heterocycles. The van der Waals surface area contributed by atoms with Crippen LogP contribution in [0.15, 0.2) is 74.9 Å². The number of aromatic nitrogens is 4. The zero-order chi connectivity index (χ0) is 22.1. The molecular formula is C22H18BrN5O3. The summed E-state index contributed by atoms with van der Waals surface area (Å²) in [5.74, 6) is -0.372. The minimum Gasteiger partial charge on any atom is -0.301 e. The number of hydrogen-bond acceptors (Lipinski definition) is 5. The predicted molar refractivity (Wildman–Crippen MR) is 121 cm³/mol. The van der Waals surface area contributed by atoms with E-state index in [4.69, 9.17) is 0 Å². The zero-order valence-corrected chi connectivity index (χ0v) is 18.4. The number of fused-ring (bicyclic) bond motifs is 1. The first-order chi connectivity index (χ1) is 14.9. The molecule has 0 atom stereocenters. The van der Waals surface area contributed by atoms with Crippen molar-refractivity contribution >= 4 is 38.6 Å². The topological polar surface area (TPSA) is 90.1 Å². The highest BCUT2D eigenvalue weighted by molar-refractivity contribution is 9.10. The maximum absolute atomic E-state index is 13.5. The van der Waals surface area contributed by atoms with Gasteiger partial charge in [0.05, 0.1) is 17.6 Å². The number of aryl methyl sites for hydroxylation is 1. The van der Waals surface area contributed by atoms with Crippen LogP contribution in [-0.2, 0) is 20.6 Å². The first-order valence-electron chi connectivity index (χ1n) is 9.41. The van der Waals surface area contributed by atoms with Crippen molar-refractivity contribution in [2.24, 2.45) is 14.1 Å². The van der Waals surface area contributed by atoms with Gasteiger partial charge in [-0.25, -0.2) is 9.78 Å². The first-order valence-corrected chi connectivity index (χ1v) is 10.2. The number of pyridine rings is 2. The Morgan fingerprint density at radius 3 is 2.42 bits per heavy atom. The summed E-state index contributed by atoms with van der Waals surface area (Å²) < 4.78 is 3.16. The highest BCUT2D eigenvalue weighted by atomic mass is 79.9. The molecule has 1 amide bonds. The van der Waals surface area contributed by atoms with Crippen molar-refractivity contribution in [3.8, 4) is 0 Å². The van der Waals surface area contributed by atoms with Gasteiger partial charge >= 0.3 is 5.69 Å². The van der Waals surface area contributed by atoms with Crippen LogP contribution in [0, 0.1) is 0 Å². The number of benzene rings is 1. The van der Waals surface area contributed by atoms with Crippen LogP contribution in [0.1, 0.15) is 16.2 Å². The summed E-state index contributed by atoms with van der Waals surface area (Å²) >= 11 is 3.41. The average molecular weight is 480 g/mol. The molecule has 8 nitrogen and oxygen atoms in total. The highest BCUT2D eigenvalue weighted by Crippen LogP contribution is 2.22. The Balaban J connectivity index is 1.82. The lowest BCUT2D eigenvalue weighted by atomic mass is 10.2. The Morgan fingerprint density at radius 2 is 1.74 bits per heavy atom. The highest BCUT2D eigenvalue weighted by Gasteiger charge is 2.21. The molecule has 0 aliphatic heterocycles. The Hall–Kier alpha value is -3.59. The second kappa shape index (κ2) is 8.27. The molecule has 3 aromatic heterocycles. The summed E-state index contributed by atoms with van der Waals surface area (Å²) in [6.45, 7) is 0.233. The van der Waals surface area contributed by atoms with Gasteiger partial charge in [-0.2, -0.15) is 0 Å². The lowest BCUT2D eigenvalue weighted by molar-refractivity contribution is 0.0980. The van der Waals surface area contributed by atoms with Crippen LogP contribution in [0.5, 0.6) is 0 Å². The molecule has 0 spiro atoms. The van der Waals surface area contributed by atoms with Gasteiger partial charge < -0.3 is 4.90 Å². The van der Waals surface area contributed by atoms with E-state index in [0.29, 0.717) is 11.4 Å². The minimum absolute atomic E-state index is 0.120. The smallest absolute Gasteiger partial charge is 0.301 e. The fourth-order valence-electron chi connectivity index (χ4n) is 3.27. The van der Waals surface area contributed by atoms with Gasteiger partial charge in [0, 0.05) is 30.5 Å². The standard InChI is InChI=1S/C22H18BrN5O3/c1-26-19-17(20(29)27(2)22(26)31)10-11-18(25-19)21(30)28(13-15-5-3-4-12-24-15)16-8-6-14(23)7-9-16/h3-12H,13H2,1-2H3.